The lowest BCUT2D eigenvalue weighted by molar-refractivity contribution is -0.141. The van der Waals surface area contributed by atoms with Crippen molar-refractivity contribution in [1.82, 2.24) is 14.9 Å². The molecule has 7 heteroatoms. The van der Waals surface area contributed by atoms with Crippen molar-refractivity contribution in [2.24, 2.45) is 0 Å². The van der Waals surface area contributed by atoms with E-state index in [2.05, 4.69) is 40.7 Å². The molecule has 3 aliphatic rings. The number of aromatic nitrogens is 2. The highest BCUT2D eigenvalue weighted by Gasteiger charge is 2.49. The Bertz CT molecular complexity index is 1600. The molecule has 1 atom stereocenters. The Morgan fingerprint density at radius 3 is 2.62 bits per heavy atom. The number of nitrogens with zero attached hydrogens (tertiary/aromatic N) is 2. The van der Waals surface area contributed by atoms with E-state index in [0.29, 0.717) is 36.4 Å². The van der Waals surface area contributed by atoms with Crippen LogP contribution in [0.1, 0.15) is 77.2 Å². The largest absolute Gasteiger partial charge is 0.378 e. The number of aryl methyl sites for hydroxylation is 1. The fraction of sp³-hybridized carbons (Fsp3) is 0.344. The van der Waals surface area contributed by atoms with Gasteiger partial charge >= 0.3 is 0 Å². The number of carbonyl (C=O) groups excluding carboxylic acids is 1. The number of hydrogen-bond donors (Lipinski definition) is 2. The van der Waals surface area contributed by atoms with Gasteiger partial charge in [0.05, 0.1) is 23.2 Å². The first-order valence-corrected chi connectivity index (χ1v) is 14.7. The SMILES string of the molecule is O=C(C(O)c1cccc(-c2cccc(C3CC3)c2)c1)N1CCCc2nc(C3(c4cccs4)CC3)[nH]c(=O)c2C1. The van der Waals surface area contributed by atoms with Gasteiger partial charge in [-0.1, -0.05) is 48.5 Å². The molecular formula is C32H31N3O3S. The molecule has 6 nitrogen and oxygen atoms in total. The van der Waals surface area contributed by atoms with E-state index >= 15 is 0 Å². The van der Waals surface area contributed by atoms with Crippen LogP contribution >= 0.6 is 11.3 Å². The van der Waals surface area contributed by atoms with E-state index in [-0.39, 0.29) is 23.4 Å². The molecule has 39 heavy (non-hydrogen) atoms. The van der Waals surface area contributed by atoms with E-state index in [9.17, 15) is 14.7 Å². The van der Waals surface area contributed by atoms with Gasteiger partial charge in [-0.15, -0.1) is 11.3 Å². The Kier molecular flexibility index (Phi) is 6.01. The first-order valence-electron chi connectivity index (χ1n) is 13.9. The number of aromatic amines is 1. The minimum atomic E-state index is -1.29. The maximum Gasteiger partial charge on any atom is 0.256 e. The highest BCUT2D eigenvalue weighted by atomic mass is 32.1. The van der Waals surface area contributed by atoms with Gasteiger partial charge in [-0.2, -0.15) is 0 Å². The van der Waals surface area contributed by atoms with E-state index in [0.717, 1.165) is 35.5 Å². The molecule has 2 aliphatic carbocycles. The third-order valence-electron chi connectivity index (χ3n) is 8.50. The van der Waals surface area contributed by atoms with Crippen LogP contribution in [0.3, 0.4) is 0 Å². The Morgan fingerprint density at radius 1 is 1.08 bits per heavy atom. The van der Waals surface area contributed by atoms with Crippen molar-refractivity contribution in [2.75, 3.05) is 6.54 Å². The van der Waals surface area contributed by atoms with Crippen LogP contribution in [-0.2, 0) is 23.2 Å². The molecule has 198 valence electrons. The minimum Gasteiger partial charge on any atom is -0.378 e. The van der Waals surface area contributed by atoms with Crippen molar-refractivity contribution in [2.45, 2.75) is 62.5 Å². The Balaban J connectivity index is 1.12. The van der Waals surface area contributed by atoms with Gasteiger partial charge in [-0.25, -0.2) is 4.98 Å². The monoisotopic (exact) mass is 537 g/mol. The molecule has 2 aromatic heterocycles. The second kappa shape index (κ2) is 9.57. The molecule has 2 aromatic carbocycles. The average molecular weight is 538 g/mol. The zero-order valence-corrected chi connectivity index (χ0v) is 22.5. The number of aliphatic hydroxyl groups excluding tert-OH is 1. The maximum atomic E-state index is 13.5. The van der Waals surface area contributed by atoms with E-state index < -0.39 is 6.10 Å². The van der Waals surface area contributed by atoms with Crippen LogP contribution in [0.2, 0.25) is 0 Å². The highest BCUT2D eigenvalue weighted by Crippen LogP contribution is 2.53. The molecule has 1 amide bonds. The van der Waals surface area contributed by atoms with Crippen molar-refractivity contribution in [3.63, 3.8) is 0 Å². The maximum absolute atomic E-state index is 13.5. The fourth-order valence-corrected chi connectivity index (χ4v) is 6.89. The van der Waals surface area contributed by atoms with Gasteiger partial charge in [0.15, 0.2) is 6.10 Å². The van der Waals surface area contributed by atoms with Crippen molar-refractivity contribution in [1.29, 1.82) is 0 Å². The summed E-state index contributed by atoms with van der Waals surface area (Å²) in [5.41, 5.74) is 4.94. The molecule has 0 bridgehead atoms. The number of H-pyrrole nitrogens is 1. The summed E-state index contributed by atoms with van der Waals surface area (Å²) < 4.78 is 0. The summed E-state index contributed by atoms with van der Waals surface area (Å²) in [6.45, 7) is 0.628. The van der Waals surface area contributed by atoms with E-state index in [1.54, 1.807) is 22.3 Å². The molecule has 3 heterocycles. The molecule has 7 rings (SSSR count). The van der Waals surface area contributed by atoms with Crippen molar-refractivity contribution >= 4 is 17.2 Å². The zero-order valence-electron chi connectivity index (χ0n) is 21.7. The number of hydrogen-bond acceptors (Lipinski definition) is 5. The highest BCUT2D eigenvalue weighted by molar-refractivity contribution is 7.10. The van der Waals surface area contributed by atoms with Crippen LogP contribution in [0.4, 0.5) is 0 Å². The van der Waals surface area contributed by atoms with Gasteiger partial charge in [0.2, 0.25) is 0 Å². The van der Waals surface area contributed by atoms with Crippen LogP contribution < -0.4 is 5.56 Å². The second-order valence-electron chi connectivity index (χ2n) is 11.2. The van der Waals surface area contributed by atoms with Crippen molar-refractivity contribution in [3.8, 4) is 11.1 Å². The van der Waals surface area contributed by atoms with E-state index in [1.165, 1.54) is 23.3 Å². The summed E-state index contributed by atoms with van der Waals surface area (Å²) in [6, 6.07) is 20.3. The van der Waals surface area contributed by atoms with Gasteiger partial charge in [0.1, 0.15) is 5.82 Å². The molecule has 0 spiro atoms. The predicted molar refractivity (Wildman–Crippen MR) is 152 cm³/mol. The van der Waals surface area contributed by atoms with Gasteiger partial charge in [-0.3, -0.25) is 9.59 Å². The Hall–Kier alpha value is -3.55. The lowest BCUT2D eigenvalue weighted by Gasteiger charge is -2.24. The molecule has 2 fully saturated rings. The molecule has 4 aromatic rings. The number of rotatable bonds is 6. The summed E-state index contributed by atoms with van der Waals surface area (Å²) in [7, 11) is 0. The zero-order chi connectivity index (χ0) is 26.6. The minimum absolute atomic E-state index is 0.156. The summed E-state index contributed by atoms with van der Waals surface area (Å²) in [4.78, 5) is 37.6. The third kappa shape index (κ3) is 4.53. The number of nitrogens with one attached hydrogen (secondary N) is 1. The third-order valence-corrected chi connectivity index (χ3v) is 9.58. The molecular weight excluding hydrogens is 506 g/mol. The van der Waals surface area contributed by atoms with Gasteiger partial charge in [0.25, 0.3) is 11.5 Å². The fourth-order valence-electron chi connectivity index (χ4n) is 5.90. The molecule has 2 N–H and O–H groups in total. The van der Waals surface area contributed by atoms with Crippen LogP contribution in [0.15, 0.2) is 70.8 Å². The Morgan fingerprint density at radius 2 is 1.87 bits per heavy atom. The predicted octanol–water partition coefficient (Wildman–Crippen LogP) is 5.46. The smallest absolute Gasteiger partial charge is 0.256 e. The summed E-state index contributed by atoms with van der Waals surface area (Å²) in [5.74, 6) is 1.02. The molecule has 2 saturated carbocycles. The number of fused-ring (bicyclic) bond motifs is 1. The standard InChI is InChI=1S/C32H31N3O3S/c36-28(24-8-2-7-23(18-24)22-6-1-5-21(17-22)20-11-12-20)30(38)35-15-3-9-26-25(19-35)29(37)34-31(33-26)32(13-14-32)27-10-4-16-39-27/h1-2,4-8,10,16-18,20,28,36H,3,9,11-15,19H2,(H,33,34,37). The van der Waals surface area contributed by atoms with Crippen molar-refractivity contribution < 1.29 is 9.90 Å². The second-order valence-corrected chi connectivity index (χ2v) is 12.1. The molecule has 0 radical (unpaired) electrons. The summed E-state index contributed by atoms with van der Waals surface area (Å²) in [5, 5.41) is 13.2. The topological polar surface area (TPSA) is 86.3 Å². The normalized spacial score (nSPS) is 18.7. The van der Waals surface area contributed by atoms with E-state index in [4.69, 9.17) is 4.98 Å². The summed E-state index contributed by atoms with van der Waals surface area (Å²) >= 11 is 1.70. The molecule has 1 unspecified atom stereocenters. The number of thiophene rings is 1. The van der Waals surface area contributed by atoms with Crippen LogP contribution in [0, 0.1) is 0 Å². The van der Waals surface area contributed by atoms with Crippen molar-refractivity contribution in [3.05, 3.63) is 109 Å². The van der Waals surface area contributed by atoms with Crippen LogP contribution in [0.25, 0.3) is 11.1 Å². The van der Waals surface area contributed by atoms with Crippen LogP contribution in [0.5, 0.6) is 0 Å². The number of aliphatic hydroxyl groups is 1. The quantitative estimate of drug-likeness (QED) is 0.342. The van der Waals surface area contributed by atoms with Crippen LogP contribution in [-0.4, -0.2) is 32.4 Å². The molecule has 1 aliphatic heterocycles. The van der Waals surface area contributed by atoms with Gasteiger partial charge in [-0.05, 0) is 84.2 Å². The first-order chi connectivity index (χ1) is 19.0. The number of benzene rings is 2. The Labute approximate surface area is 231 Å². The van der Waals surface area contributed by atoms with E-state index in [1.807, 2.05) is 24.3 Å². The lowest BCUT2D eigenvalue weighted by Crippen LogP contribution is -2.36. The van der Waals surface area contributed by atoms with Gasteiger partial charge < -0.3 is 15.0 Å². The van der Waals surface area contributed by atoms with Gasteiger partial charge in [0, 0.05) is 11.4 Å². The number of carbonyl (C=O) groups is 1. The lowest BCUT2D eigenvalue weighted by atomic mass is 9.97. The first kappa shape index (κ1) is 24.5. The summed E-state index contributed by atoms with van der Waals surface area (Å²) in [6.07, 6.45) is 4.49. The molecule has 0 saturated heterocycles. The number of amides is 1. The average Bonchev–Trinajstić information content (AvgIpc) is 3.90.